The van der Waals surface area contributed by atoms with Gasteiger partial charge in [0.25, 0.3) is 5.91 Å². The maximum absolute atomic E-state index is 11.8. The molecular formula is C12H18N2OS. The Morgan fingerprint density at radius 2 is 2.19 bits per heavy atom. The van der Waals surface area contributed by atoms with Gasteiger partial charge in [-0.05, 0) is 24.0 Å². The van der Waals surface area contributed by atoms with E-state index in [0.717, 1.165) is 6.42 Å². The fraction of sp³-hybridized carbons (Fsp3) is 0.500. The lowest BCUT2D eigenvalue weighted by atomic mass is 9.92. The molecule has 4 heteroatoms. The second kappa shape index (κ2) is 5.34. The van der Waals surface area contributed by atoms with Crippen molar-refractivity contribution in [2.75, 3.05) is 6.54 Å². The van der Waals surface area contributed by atoms with E-state index in [0.29, 0.717) is 17.1 Å². The van der Waals surface area contributed by atoms with Gasteiger partial charge in [0.15, 0.2) is 0 Å². The molecule has 0 saturated carbocycles. The molecule has 0 aliphatic rings. The predicted octanol–water partition coefficient (Wildman–Crippen LogP) is 2.54. The number of hydrogen-bond acceptors (Lipinski definition) is 3. The lowest BCUT2D eigenvalue weighted by Gasteiger charge is -2.18. The van der Waals surface area contributed by atoms with Crippen molar-refractivity contribution in [3.05, 3.63) is 23.9 Å². The van der Waals surface area contributed by atoms with Crippen LogP contribution in [0.3, 0.4) is 0 Å². The van der Waals surface area contributed by atoms with Crippen molar-refractivity contribution in [1.29, 1.82) is 0 Å². The molecule has 1 N–H and O–H groups in total. The molecule has 0 bridgehead atoms. The Morgan fingerprint density at radius 1 is 1.50 bits per heavy atom. The molecule has 0 fully saturated rings. The zero-order chi connectivity index (χ0) is 12.2. The standard InChI is InChI=1S/C12H18N2OS/c1-12(2,3)6-8-13-10(15)9-5-4-7-14-11(9)16/h4-5,7H,6,8H2,1-3H3,(H,13,15)(H,14,16). The van der Waals surface area contributed by atoms with Gasteiger partial charge in [0.05, 0.1) is 5.56 Å². The highest BCUT2D eigenvalue weighted by molar-refractivity contribution is 7.80. The quantitative estimate of drug-likeness (QED) is 0.795. The second-order valence-electron chi connectivity index (χ2n) is 4.94. The molecule has 0 spiro atoms. The number of carbonyl (C=O) groups excluding carboxylic acids is 1. The summed E-state index contributed by atoms with van der Waals surface area (Å²) in [4.78, 5) is 15.7. The Labute approximate surface area is 102 Å². The zero-order valence-electron chi connectivity index (χ0n) is 9.95. The summed E-state index contributed by atoms with van der Waals surface area (Å²) < 4.78 is 0. The Morgan fingerprint density at radius 3 is 2.75 bits per heavy atom. The smallest absolute Gasteiger partial charge is 0.254 e. The van der Waals surface area contributed by atoms with Crippen molar-refractivity contribution < 1.29 is 4.79 Å². The largest absolute Gasteiger partial charge is 0.352 e. The van der Waals surface area contributed by atoms with Crippen LogP contribution in [0.15, 0.2) is 23.4 Å². The molecule has 88 valence electrons. The first-order valence-corrected chi connectivity index (χ1v) is 5.77. The van der Waals surface area contributed by atoms with E-state index >= 15 is 0 Å². The van der Waals surface area contributed by atoms with Crippen LogP contribution in [0.1, 0.15) is 37.6 Å². The SMILES string of the molecule is CC(C)(C)CCNC(=O)c1cccnc1S. The summed E-state index contributed by atoms with van der Waals surface area (Å²) in [6.07, 6.45) is 2.56. The Balaban J connectivity index is 2.51. The number of nitrogens with one attached hydrogen (secondary N) is 1. The van der Waals surface area contributed by atoms with E-state index in [-0.39, 0.29) is 11.3 Å². The molecule has 3 nitrogen and oxygen atoms in total. The summed E-state index contributed by atoms with van der Waals surface area (Å²) in [6.45, 7) is 7.11. The van der Waals surface area contributed by atoms with Gasteiger partial charge in [-0.1, -0.05) is 20.8 Å². The van der Waals surface area contributed by atoms with E-state index < -0.39 is 0 Å². The van der Waals surface area contributed by atoms with E-state index in [1.807, 2.05) is 0 Å². The topological polar surface area (TPSA) is 42.0 Å². The van der Waals surface area contributed by atoms with Gasteiger partial charge in [-0.15, -0.1) is 12.6 Å². The number of carbonyl (C=O) groups is 1. The maximum Gasteiger partial charge on any atom is 0.254 e. The number of hydrogen-bond donors (Lipinski definition) is 2. The minimum atomic E-state index is -0.109. The normalized spacial score (nSPS) is 11.2. The highest BCUT2D eigenvalue weighted by atomic mass is 32.1. The molecule has 0 saturated heterocycles. The Bertz CT molecular complexity index is 372. The highest BCUT2D eigenvalue weighted by Crippen LogP contribution is 2.17. The first kappa shape index (κ1) is 13.0. The monoisotopic (exact) mass is 238 g/mol. The fourth-order valence-electron chi connectivity index (χ4n) is 1.22. The number of pyridine rings is 1. The third kappa shape index (κ3) is 4.23. The first-order chi connectivity index (χ1) is 7.40. The zero-order valence-corrected chi connectivity index (χ0v) is 10.8. The predicted molar refractivity (Wildman–Crippen MR) is 67.9 cm³/mol. The van der Waals surface area contributed by atoms with Crippen molar-refractivity contribution >= 4 is 18.5 Å². The van der Waals surface area contributed by atoms with Crippen LogP contribution in [-0.2, 0) is 0 Å². The lowest BCUT2D eigenvalue weighted by Crippen LogP contribution is -2.27. The molecule has 0 aliphatic heterocycles. The van der Waals surface area contributed by atoms with Crippen LogP contribution in [0.2, 0.25) is 0 Å². The van der Waals surface area contributed by atoms with E-state index in [2.05, 4.69) is 43.7 Å². The highest BCUT2D eigenvalue weighted by Gasteiger charge is 2.12. The number of nitrogens with zero attached hydrogens (tertiary/aromatic N) is 1. The summed E-state index contributed by atoms with van der Waals surface area (Å²) in [5, 5.41) is 3.34. The Hall–Kier alpha value is -1.03. The Kier molecular flexibility index (Phi) is 4.35. The van der Waals surface area contributed by atoms with Crippen LogP contribution in [0, 0.1) is 5.41 Å². The van der Waals surface area contributed by atoms with E-state index in [4.69, 9.17) is 0 Å². The van der Waals surface area contributed by atoms with Gasteiger partial charge in [-0.25, -0.2) is 4.98 Å². The average Bonchev–Trinajstić information content (AvgIpc) is 2.16. The number of amides is 1. The van der Waals surface area contributed by atoms with Crippen molar-refractivity contribution in [3.8, 4) is 0 Å². The molecule has 1 rings (SSSR count). The van der Waals surface area contributed by atoms with Gasteiger partial charge in [0.1, 0.15) is 5.03 Å². The van der Waals surface area contributed by atoms with Crippen molar-refractivity contribution in [3.63, 3.8) is 0 Å². The maximum atomic E-state index is 11.8. The molecule has 0 radical (unpaired) electrons. The molecule has 0 aromatic carbocycles. The van der Waals surface area contributed by atoms with Crippen LogP contribution in [-0.4, -0.2) is 17.4 Å². The molecule has 0 unspecified atom stereocenters. The fourth-order valence-corrected chi connectivity index (χ4v) is 1.46. The summed E-state index contributed by atoms with van der Waals surface area (Å²) in [5.41, 5.74) is 0.756. The van der Waals surface area contributed by atoms with Crippen LogP contribution >= 0.6 is 12.6 Å². The molecule has 1 aromatic rings. The third-order valence-corrected chi connectivity index (χ3v) is 2.55. The number of thiol groups is 1. The third-order valence-electron chi connectivity index (χ3n) is 2.19. The molecule has 1 heterocycles. The average molecular weight is 238 g/mol. The van der Waals surface area contributed by atoms with Crippen molar-refractivity contribution in [2.45, 2.75) is 32.2 Å². The van der Waals surface area contributed by atoms with Gasteiger partial charge in [-0.2, -0.15) is 0 Å². The van der Waals surface area contributed by atoms with Gasteiger partial charge in [0.2, 0.25) is 0 Å². The summed E-state index contributed by atoms with van der Waals surface area (Å²) in [5.74, 6) is -0.109. The number of aromatic nitrogens is 1. The lowest BCUT2D eigenvalue weighted by molar-refractivity contribution is 0.0946. The van der Waals surface area contributed by atoms with Gasteiger partial charge in [0, 0.05) is 12.7 Å². The summed E-state index contributed by atoms with van der Waals surface area (Å²) >= 11 is 4.14. The second-order valence-corrected chi connectivity index (χ2v) is 5.36. The van der Waals surface area contributed by atoms with Gasteiger partial charge >= 0.3 is 0 Å². The summed E-state index contributed by atoms with van der Waals surface area (Å²) in [7, 11) is 0. The van der Waals surface area contributed by atoms with E-state index in [1.165, 1.54) is 0 Å². The van der Waals surface area contributed by atoms with Gasteiger partial charge in [-0.3, -0.25) is 4.79 Å². The van der Waals surface area contributed by atoms with Gasteiger partial charge < -0.3 is 5.32 Å². The number of rotatable bonds is 3. The molecule has 16 heavy (non-hydrogen) atoms. The molecule has 1 aromatic heterocycles. The van der Waals surface area contributed by atoms with Crippen molar-refractivity contribution in [1.82, 2.24) is 10.3 Å². The van der Waals surface area contributed by atoms with Crippen LogP contribution < -0.4 is 5.32 Å². The molecule has 1 amide bonds. The first-order valence-electron chi connectivity index (χ1n) is 5.32. The molecule has 0 aliphatic carbocycles. The summed E-state index contributed by atoms with van der Waals surface area (Å²) in [6, 6.07) is 3.46. The van der Waals surface area contributed by atoms with Crippen LogP contribution in [0.5, 0.6) is 0 Å². The minimum Gasteiger partial charge on any atom is -0.352 e. The van der Waals surface area contributed by atoms with Crippen LogP contribution in [0.25, 0.3) is 0 Å². The van der Waals surface area contributed by atoms with E-state index in [9.17, 15) is 4.79 Å². The van der Waals surface area contributed by atoms with E-state index in [1.54, 1.807) is 18.3 Å². The van der Waals surface area contributed by atoms with Crippen molar-refractivity contribution in [2.24, 2.45) is 5.41 Å². The molecular weight excluding hydrogens is 220 g/mol. The molecule has 0 atom stereocenters. The minimum absolute atomic E-state index is 0.109. The van der Waals surface area contributed by atoms with Crippen LogP contribution in [0.4, 0.5) is 0 Å².